The number of allylic oxidation sites excluding steroid dienone is 2. The van der Waals surface area contributed by atoms with Crippen molar-refractivity contribution in [1.82, 2.24) is 10.9 Å². The van der Waals surface area contributed by atoms with Gasteiger partial charge in [0.15, 0.2) is 6.10 Å². The molecule has 0 aliphatic heterocycles. The van der Waals surface area contributed by atoms with Crippen molar-refractivity contribution in [3.05, 3.63) is 41.5 Å². The number of carbonyl (C=O) groups excluding carboxylic acids is 2. The number of carbonyl (C=O) groups is 3. The lowest BCUT2D eigenvalue weighted by Crippen LogP contribution is -2.51. The monoisotopic (exact) mass is 372 g/mol. The second-order valence-electron chi connectivity index (χ2n) is 7.40. The fourth-order valence-corrected chi connectivity index (χ4v) is 4.08. The number of hydrazine groups is 1. The Kier molecular flexibility index (Phi) is 5.21. The van der Waals surface area contributed by atoms with Crippen LogP contribution in [0.3, 0.4) is 0 Å². The molecule has 7 nitrogen and oxygen atoms in total. The number of benzene rings is 1. The Balaban J connectivity index is 1.56. The van der Waals surface area contributed by atoms with Crippen LogP contribution in [0.5, 0.6) is 5.75 Å². The van der Waals surface area contributed by atoms with Crippen molar-refractivity contribution in [2.45, 2.75) is 33.3 Å². The molecule has 2 amide bonds. The summed E-state index contributed by atoms with van der Waals surface area (Å²) in [6.07, 6.45) is 3.60. The molecule has 3 N–H and O–H groups in total. The zero-order chi connectivity index (χ0) is 19.7. The van der Waals surface area contributed by atoms with E-state index in [1.807, 2.05) is 44.2 Å². The van der Waals surface area contributed by atoms with Crippen LogP contribution in [0.25, 0.3) is 0 Å². The Labute approximate surface area is 157 Å². The molecule has 2 aliphatic rings. The summed E-state index contributed by atoms with van der Waals surface area (Å²) in [5, 5.41) is 9.41. The van der Waals surface area contributed by atoms with E-state index in [1.165, 1.54) is 0 Å². The molecule has 2 aliphatic carbocycles. The van der Waals surface area contributed by atoms with Gasteiger partial charge in [0.2, 0.25) is 5.91 Å². The van der Waals surface area contributed by atoms with Gasteiger partial charge in [0, 0.05) is 0 Å². The molecule has 0 heterocycles. The molecule has 144 valence electrons. The normalized spacial score (nSPS) is 26.5. The average molecular weight is 372 g/mol. The highest BCUT2D eigenvalue weighted by Crippen LogP contribution is 2.48. The molecule has 0 radical (unpaired) electrons. The highest BCUT2D eigenvalue weighted by molar-refractivity contribution is 5.89. The van der Waals surface area contributed by atoms with E-state index in [1.54, 1.807) is 6.92 Å². The molecule has 1 fully saturated rings. The highest BCUT2D eigenvalue weighted by atomic mass is 16.5. The summed E-state index contributed by atoms with van der Waals surface area (Å²) in [4.78, 5) is 36.2. The number of aliphatic carboxylic acids is 1. The minimum absolute atomic E-state index is 0.100. The quantitative estimate of drug-likeness (QED) is 0.539. The summed E-state index contributed by atoms with van der Waals surface area (Å²) >= 11 is 0. The third-order valence-electron chi connectivity index (χ3n) is 5.23. The third-order valence-corrected chi connectivity index (χ3v) is 5.23. The van der Waals surface area contributed by atoms with Crippen LogP contribution in [0.4, 0.5) is 0 Å². The SMILES string of the molecule is Cc1cc(C)cc(O[C@@H](C)C(=O)NNC(=O)[C@H]2[C@@H](C(=O)O)[C@H]3C=C[C@H]2C3)c1. The summed E-state index contributed by atoms with van der Waals surface area (Å²) < 4.78 is 5.64. The maximum absolute atomic E-state index is 12.5. The molecule has 7 heteroatoms. The van der Waals surface area contributed by atoms with Crippen LogP contribution >= 0.6 is 0 Å². The van der Waals surface area contributed by atoms with Gasteiger partial charge in [-0.2, -0.15) is 0 Å². The molecular weight excluding hydrogens is 348 g/mol. The van der Waals surface area contributed by atoms with Crippen LogP contribution in [-0.2, 0) is 14.4 Å². The molecule has 5 atom stereocenters. The Bertz CT molecular complexity index is 783. The summed E-state index contributed by atoms with van der Waals surface area (Å²) in [5.41, 5.74) is 6.76. The van der Waals surface area contributed by atoms with Crippen molar-refractivity contribution in [1.29, 1.82) is 0 Å². The predicted molar refractivity (Wildman–Crippen MR) is 97.6 cm³/mol. The van der Waals surface area contributed by atoms with Crippen molar-refractivity contribution in [2.24, 2.45) is 23.7 Å². The summed E-state index contributed by atoms with van der Waals surface area (Å²) in [7, 11) is 0. The highest BCUT2D eigenvalue weighted by Gasteiger charge is 2.51. The van der Waals surface area contributed by atoms with Gasteiger partial charge >= 0.3 is 5.97 Å². The van der Waals surface area contributed by atoms with Gasteiger partial charge in [-0.15, -0.1) is 0 Å². The van der Waals surface area contributed by atoms with Crippen LogP contribution < -0.4 is 15.6 Å². The molecule has 0 saturated heterocycles. The fourth-order valence-electron chi connectivity index (χ4n) is 4.08. The minimum Gasteiger partial charge on any atom is -0.481 e. The van der Waals surface area contributed by atoms with Crippen LogP contribution in [0, 0.1) is 37.5 Å². The second kappa shape index (κ2) is 7.42. The number of rotatable bonds is 5. The largest absolute Gasteiger partial charge is 0.481 e. The van der Waals surface area contributed by atoms with Crippen LogP contribution in [0.15, 0.2) is 30.4 Å². The Morgan fingerprint density at radius 2 is 1.63 bits per heavy atom. The number of hydrogen-bond acceptors (Lipinski definition) is 4. The fraction of sp³-hybridized carbons (Fsp3) is 0.450. The number of ether oxygens (including phenoxy) is 1. The first-order valence-corrected chi connectivity index (χ1v) is 9.02. The standard InChI is InChI=1S/C20H24N2O5/c1-10-6-11(2)8-15(7-10)27-12(3)18(23)21-22-19(24)16-13-4-5-14(9-13)17(16)20(25)26/h4-8,12-14,16-17H,9H2,1-3H3,(H,21,23)(H,22,24)(H,25,26)/t12-,13-,14-,16+,17-/m0/s1. The molecule has 0 aromatic heterocycles. The average Bonchev–Trinajstić information content (AvgIpc) is 3.19. The number of aryl methyl sites for hydroxylation is 2. The molecule has 3 rings (SSSR count). The molecular formula is C20H24N2O5. The van der Waals surface area contributed by atoms with E-state index in [0.29, 0.717) is 12.2 Å². The number of carboxylic acids is 1. The van der Waals surface area contributed by atoms with Gasteiger partial charge in [-0.3, -0.25) is 25.2 Å². The maximum atomic E-state index is 12.5. The summed E-state index contributed by atoms with van der Waals surface area (Å²) in [6, 6.07) is 5.66. The molecule has 2 bridgehead atoms. The number of amides is 2. The van der Waals surface area contributed by atoms with Crippen molar-refractivity contribution in [2.75, 3.05) is 0 Å². The van der Waals surface area contributed by atoms with Crippen LogP contribution in [0.2, 0.25) is 0 Å². The zero-order valence-electron chi connectivity index (χ0n) is 15.6. The molecule has 0 spiro atoms. The number of fused-ring (bicyclic) bond motifs is 2. The van der Waals surface area contributed by atoms with Crippen molar-refractivity contribution < 1.29 is 24.2 Å². The summed E-state index contributed by atoms with van der Waals surface area (Å²) in [6.45, 7) is 5.46. The first-order chi connectivity index (χ1) is 12.8. The molecule has 27 heavy (non-hydrogen) atoms. The van der Waals surface area contributed by atoms with Gasteiger partial charge in [0.1, 0.15) is 5.75 Å². The first kappa shape index (κ1) is 18.9. The zero-order valence-corrected chi connectivity index (χ0v) is 15.6. The first-order valence-electron chi connectivity index (χ1n) is 9.02. The van der Waals surface area contributed by atoms with Gasteiger partial charge in [-0.05, 0) is 62.3 Å². The number of carboxylic acid groups (broad SMARTS) is 1. The smallest absolute Gasteiger partial charge is 0.307 e. The lowest BCUT2D eigenvalue weighted by molar-refractivity contribution is -0.148. The number of nitrogens with one attached hydrogen (secondary N) is 2. The van der Waals surface area contributed by atoms with E-state index < -0.39 is 35.7 Å². The molecule has 0 unspecified atom stereocenters. The van der Waals surface area contributed by atoms with E-state index in [-0.39, 0.29) is 11.8 Å². The maximum Gasteiger partial charge on any atom is 0.307 e. The Morgan fingerprint density at radius 1 is 1.04 bits per heavy atom. The second-order valence-corrected chi connectivity index (χ2v) is 7.40. The minimum atomic E-state index is -0.982. The molecule has 1 aromatic carbocycles. The van der Waals surface area contributed by atoms with Crippen LogP contribution in [-0.4, -0.2) is 29.0 Å². The van der Waals surface area contributed by atoms with Crippen LogP contribution in [0.1, 0.15) is 24.5 Å². The lowest BCUT2D eigenvalue weighted by Gasteiger charge is -2.24. The molecule has 1 aromatic rings. The van der Waals surface area contributed by atoms with Gasteiger partial charge in [-0.25, -0.2) is 0 Å². The predicted octanol–water partition coefficient (Wildman–Crippen LogP) is 1.74. The Hall–Kier alpha value is -2.83. The van der Waals surface area contributed by atoms with E-state index >= 15 is 0 Å². The van der Waals surface area contributed by atoms with Crippen molar-refractivity contribution in [3.8, 4) is 5.75 Å². The van der Waals surface area contributed by atoms with Gasteiger partial charge in [-0.1, -0.05) is 18.2 Å². The van der Waals surface area contributed by atoms with Crippen molar-refractivity contribution >= 4 is 17.8 Å². The third kappa shape index (κ3) is 3.97. The lowest BCUT2D eigenvalue weighted by atomic mass is 9.82. The van der Waals surface area contributed by atoms with E-state index in [0.717, 1.165) is 11.1 Å². The Morgan fingerprint density at radius 3 is 2.22 bits per heavy atom. The van der Waals surface area contributed by atoms with E-state index in [9.17, 15) is 19.5 Å². The van der Waals surface area contributed by atoms with E-state index in [4.69, 9.17) is 4.74 Å². The van der Waals surface area contributed by atoms with Gasteiger partial charge in [0.05, 0.1) is 11.8 Å². The number of hydrogen-bond donors (Lipinski definition) is 3. The van der Waals surface area contributed by atoms with E-state index in [2.05, 4.69) is 10.9 Å². The molecule has 1 saturated carbocycles. The summed E-state index contributed by atoms with van der Waals surface area (Å²) in [5.74, 6) is -3.04. The van der Waals surface area contributed by atoms with Gasteiger partial charge in [0.25, 0.3) is 5.91 Å². The topological polar surface area (TPSA) is 105 Å². The van der Waals surface area contributed by atoms with Crippen molar-refractivity contribution in [3.63, 3.8) is 0 Å². The van der Waals surface area contributed by atoms with Gasteiger partial charge < -0.3 is 9.84 Å².